The zero-order chi connectivity index (χ0) is 24.1. The van der Waals surface area contributed by atoms with Gasteiger partial charge in [0, 0.05) is 56.7 Å². The molecule has 5 fully saturated rings. The molecule has 2 unspecified atom stereocenters. The molecule has 11 heteroatoms. The highest BCUT2D eigenvalue weighted by atomic mass is 32.1. The van der Waals surface area contributed by atoms with Crippen molar-refractivity contribution in [2.75, 3.05) is 36.9 Å². The molecule has 7 heterocycles. The van der Waals surface area contributed by atoms with Gasteiger partial charge in [-0.15, -0.1) is 0 Å². The molecule has 3 N–H and O–H groups in total. The molecule has 10 nitrogen and oxygen atoms in total. The van der Waals surface area contributed by atoms with E-state index < -0.39 is 0 Å². The number of rotatable bonds is 6. The Hall–Kier alpha value is -2.34. The SMILES string of the molecule is Cc1nsc2nc(Nc3cnn(C4CCOCC4)c3)nc(NC3CCC(N4CC5CC(C4)N5)CC3)c12. The average molecular weight is 510 g/mol. The first-order valence-corrected chi connectivity index (χ1v) is 14.2. The highest BCUT2D eigenvalue weighted by Crippen LogP contribution is 2.34. The minimum atomic E-state index is 0.390. The normalized spacial score (nSPS) is 29.2. The van der Waals surface area contributed by atoms with Crippen LogP contribution in [0.15, 0.2) is 12.4 Å². The maximum absolute atomic E-state index is 5.49. The summed E-state index contributed by atoms with van der Waals surface area (Å²) in [5.41, 5.74) is 1.90. The lowest BCUT2D eigenvalue weighted by Crippen LogP contribution is -2.68. The van der Waals surface area contributed by atoms with Crippen molar-refractivity contribution in [3.63, 3.8) is 0 Å². The maximum Gasteiger partial charge on any atom is 0.230 e. The van der Waals surface area contributed by atoms with Crippen molar-refractivity contribution < 1.29 is 4.74 Å². The van der Waals surface area contributed by atoms with E-state index in [2.05, 4.69) is 36.5 Å². The Morgan fingerprint density at radius 1 is 1.03 bits per heavy atom. The highest BCUT2D eigenvalue weighted by molar-refractivity contribution is 7.13. The van der Waals surface area contributed by atoms with E-state index in [1.54, 1.807) is 0 Å². The van der Waals surface area contributed by atoms with E-state index in [-0.39, 0.29) is 0 Å². The van der Waals surface area contributed by atoms with Crippen LogP contribution in [-0.2, 0) is 4.74 Å². The second-order valence-corrected chi connectivity index (χ2v) is 11.7. The molecule has 2 bridgehead atoms. The topological polar surface area (TPSA) is 105 Å². The van der Waals surface area contributed by atoms with Gasteiger partial charge in [-0.05, 0) is 63.4 Å². The Kier molecular flexibility index (Phi) is 6.03. The van der Waals surface area contributed by atoms with E-state index in [1.165, 1.54) is 56.7 Å². The molecule has 8 rings (SSSR count). The number of hydrogen-bond acceptors (Lipinski definition) is 10. The summed E-state index contributed by atoms with van der Waals surface area (Å²) in [7, 11) is 0. The van der Waals surface area contributed by atoms with Crippen LogP contribution in [0.4, 0.5) is 17.5 Å². The number of fused-ring (bicyclic) bond motifs is 3. The predicted octanol–water partition coefficient (Wildman–Crippen LogP) is 3.46. The summed E-state index contributed by atoms with van der Waals surface area (Å²) in [5, 5.41) is 16.5. The van der Waals surface area contributed by atoms with Crippen LogP contribution in [0.3, 0.4) is 0 Å². The van der Waals surface area contributed by atoms with Gasteiger partial charge >= 0.3 is 0 Å². The van der Waals surface area contributed by atoms with Crippen molar-refractivity contribution in [2.24, 2.45) is 0 Å². The molecule has 36 heavy (non-hydrogen) atoms. The molecule has 3 aromatic rings. The Labute approximate surface area is 215 Å². The number of aryl methyl sites for hydroxylation is 1. The fourth-order valence-corrected chi connectivity index (χ4v) is 7.23. The fraction of sp³-hybridized carbons (Fsp3) is 0.680. The third kappa shape index (κ3) is 4.46. The van der Waals surface area contributed by atoms with Gasteiger partial charge in [0.25, 0.3) is 0 Å². The van der Waals surface area contributed by atoms with Crippen molar-refractivity contribution in [3.8, 4) is 0 Å². The van der Waals surface area contributed by atoms with Gasteiger partial charge in [-0.2, -0.15) is 19.4 Å². The van der Waals surface area contributed by atoms with E-state index in [0.717, 1.165) is 71.6 Å². The summed E-state index contributed by atoms with van der Waals surface area (Å²) in [6.45, 7) is 6.10. The molecule has 0 amide bonds. The van der Waals surface area contributed by atoms with Crippen molar-refractivity contribution >= 4 is 39.2 Å². The smallest absolute Gasteiger partial charge is 0.230 e. The lowest BCUT2D eigenvalue weighted by atomic mass is 9.85. The Bertz CT molecular complexity index is 1200. The quantitative estimate of drug-likeness (QED) is 0.461. The van der Waals surface area contributed by atoms with E-state index in [4.69, 9.17) is 14.7 Å². The molecule has 1 saturated carbocycles. The second kappa shape index (κ2) is 9.51. The van der Waals surface area contributed by atoms with Gasteiger partial charge in [-0.25, -0.2) is 0 Å². The van der Waals surface area contributed by atoms with Crippen LogP contribution in [0.5, 0.6) is 0 Å². The number of piperazine rings is 1. The molecule has 4 aliphatic heterocycles. The summed E-state index contributed by atoms with van der Waals surface area (Å²) >= 11 is 1.44. The summed E-state index contributed by atoms with van der Waals surface area (Å²) in [5.74, 6) is 1.49. The van der Waals surface area contributed by atoms with Crippen LogP contribution in [0, 0.1) is 6.92 Å². The van der Waals surface area contributed by atoms with E-state index in [9.17, 15) is 0 Å². The molecule has 0 radical (unpaired) electrons. The number of nitrogens with one attached hydrogen (secondary N) is 3. The number of ether oxygens (including phenoxy) is 1. The molecule has 3 aromatic heterocycles. The van der Waals surface area contributed by atoms with Gasteiger partial charge in [-0.1, -0.05) is 0 Å². The van der Waals surface area contributed by atoms with Crippen LogP contribution in [0.1, 0.15) is 56.7 Å². The Morgan fingerprint density at radius 2 is 1.81 bits per heavy atom. The van der Waals surface area contributed by atoms with Crippen LogP contribution in [0.2, 0.25) is 0 Å². The predicted molar refractivity (Wildman–Crippen MR) is 141 cm³/mol. The fourth-order valence-electron chi connectivity index (χ4n) is 6.46. The van der Waals surface area contributed by atoms with E-state index in [0.29, 0.717) is 18.0 Å². The van der Waals surface area contributed by atoms with Gasteiger partial charge < -0.3 is 20.7 Å². The number of aromatic nitrogens is 5. The zero-order valence-corrected chi connectivity index (χ0v) is 21.6. The van der Waals surface area contributed by atoms with Crippen molar-refractivity contribution in [1.29, 1.82) is 0 Å². The molecular formula is C25H35N9OS. The Balaban J connectivity index is 1.04. The maximum atomic E-state index is 5.49. The molecule has 0 aromatic carbocycles. The van der Waals surface area contributed by atoms with Crippen molar-refractivity contribution in [1.82, 2.24) is 34.3 Å². The van der Waals surface area contributed by atoms with Crippen LogP contribution in [-0.4, -0.2) is 79.5 Å². The van der Waals surface area contributed by atoms with E-state index >= 15 is 0 Å². The number of hydrogen-bond donors (Lipinski definition) is 3. The van der Waals surface area contributed by atoms with Gasteiger partial charge in [-0.3, -0.25) is 9.58 Å². The second-order valence-electron chi connectivity index (χ2n) is 10.9. The molecule has 0 spiro atoms. The van der Waals surface area contributed by atoms with Crippen LogP contribution < -0.4 is 16.0 Å². The summed E-state index contributed by atoms with van der Waals surface area (Å²) < 4.78 is 12.1. The van der Waals surface area contributed by atoms with Gasteiger partial charge in [0.2, 0.25) is 5.95 Å². The minimum absolute atomic E-state index is 0.390. The minimum Gasteiger partial charge on any atom is -0.381 e. The summed E-state index contributed by atoms with van der Waals surface area (Å²) in [6, 6.07) is 3.02. The van der Waals surface area contributed by atoms with Gasteiger partial charge in [0.05, 0.1) is 29.0 Å². The molecule has 1 aliphatic carbocycles. The van der Waals surface area contributed by atoms with Gasteiger partial charge in [0.1, 0.15) is 5.82 Å². The lowest BCUT2D eigenvalue weighted by molar-refractivity contribution is 0.0320. The standard InChI is InChI=1S/C25H35N9OS/c1-15-22-23(28-16-2-4-20(5-3-16)33-12-17-10-18(13-33)27-17)30-25(31-24(22)36-32-15)29-19-11-26-34(14-19)21-6-8-35-9-7-21/h11,14,16-18,20-21,27H,2-10,12-13H2,1H3,(H2,28,29,30,31). The van der Waals surface area contributed by atoms with Crippen molar-refractivity contribution in [3.05, 3.63) is 18.1 Å². The largest absolute Gasteiger partial charge is 0.381 e. The average Bonchev–Trinajstić information content (AvgIpc) is 3.51. The monoisotopic (exact) mass is 509 g/mol. The lowest BCUT2D eigenvalue weighted by Gasteiger charge is -2.51. The first-order chi connectivity index (χ1) is 17.7. The third-order valence-electron chi connectivity index (χ3n) is 8.43. The first kappa shape index (κ1) is 22.8. The van der Waals surface area contributed by atoms with Crippen LogP contribution in [0.25, 0.3) is 10.2 Å². The van der Waals surface area contributed by atoms with Crippen molar-refractivity contribution in [2.45, 2.75) is 82.1 Å². The Morgan fingerprint density at radius 3 is 2.58 bits per heavy atom. The number of nitrogens with zero attached hydrogens (tertiary/aromatic N) is 6. The molecule has 4 saturated heterocycles. The molecular weight excluding hydrogens is 474 g/mol. The summed E-state index contributed by atoms with van der Waals surface area (Å²) in [4.78, 5) is 13.4. The molecule has 2 atom stereocenters. The zero-order valence-electron chi connectivity index (χ0n) is 20.8. The summed E-state index contributed by atoms with van der Waals surface area (Å²) in [6.07, 6.45) is 12.1. The van der Waals surface area contributed by atoms with E-state index in [1.807, 2.05) is 17.8 Å². The first-order valence-electron chi connectivity index (χ1n) is 13.5. The molecule has 192 valence electrons. The number of anilines is 3. The molecule has 5 aliphatic rings. The van der Waals surface area contributed by atoms with Crippen LogP contribution >= 0.6 is 11.5 Å². The third-order valence-corrected chi connectivity index (χ3v) is 9.27. The van der Waals surface area contributed by atoms with Gasteiger partial charge in [0.15, 0.2) is 4.83 Å². The number of piperidine rings is 1. The highest BCUT2D eigenvalue weighted by Gasteiger charge is 2.39.